The minimum atomic E-state index is -0.944. The van der Waals surface area contributed by atoms with Crippen molar-refractivity contribution in [2.75, 3.05) is 19.6 Å². The van der Waals surface area contributed by atoms with E-state index in [4.69, 9.17) is 9.94 Å². The number of nitrogens with one attached hydrogen (secondary N) is 2. The first-order valence-corrected chi connectivity index (χ1v) is 6.22. The lowest BCUT2D eigenvalue weighted by atomic mass is 10.1. The van der Waals surface area contributed by atoms with E-state index < -0.39 is 12.1 Å². The Morgan fingerprint density at radius 2 is 2.44 bits per heavy atom. The quantitative estimate of drug-likeness (QED) is 0.577. The van der Waals surface area contributed by atoms with Crippen LogP contribution in [0.5, 0.6) is 0 Å². The summed E-state index contributed by atoms with van der Waals surface area (Å²) in [5, 5.41) is 18.9. The van der Waals surface area contributed by atoms with Crippen LogP contribution in [0.1, 0.15) is 25.7 Å². The molecule has 1 unspecified atom stereocenters. The number of carboxylic acid groups (broad SMARTS) is 1. The zero-order valence-electron chi connectivity index (χ0n) is 10.2. The zero-order chi connectivity index (χ0) is 12.8. The Labute approximate surface area is 105 Å². The molecule has 100 valence electrons. The van der Waals surface area contributed by atoms with Gasteiger partial charge in [0.2, 0.25) is 6.10 Å². The Balaban J connectivity index is 1.52. The van der Waals surface area contributed by atoms with Gasteiger partial charge in [-0.3, -0.25) is 4.99 Å². The average molecular weight is 254 g/mol. The van der Waals surface area contributed by atoms with Gasteiger partial charge in [0.15, 0.2) is 5.96 Å². The number of nitrogens with zero attached hydrogens (tertiary/aromatic N) is 2. The smallest absolute Gasteiger partial charge is 0.348 e. The largest absolute Gasteiger partial charge is 0.478 e. The van der Waals surface area contributed by atoms with Gasteiger partial charge in [0.25, 0.3) is 0 Å². The Kier molecular flexibility index (Phi) is 4.38. The number of rotatable bonds is 6. The molecule has 0 bridgehead atoms. The summed E-state index contributed by atoms with van der Waals surface area (Å²) in [6.45, 7) is 2.61. The second-order valence-corrected chi connectivity index (χ2v) is 4.33. The first-order valence-electron chi connectivity index (χ1n) is 6.22. The van der Waals surface area contributed by atoms with Crippen molar-refractivity contribution in [1.29, 1.82) is 0 Å². The van der Waals surface area contributed by atoms with Crippen molar-refractivity contribution < 1.29 is 14.7 Å². The third-order valence-corrected chi connectivity index (χ3v) is 2.86. The molecule has 0 fully saturated rings. The Bertz CT molecular complexity index is 367. The third kappa shape index (κ3) is 3.61. The molecule has 3 N–H and O–H groups in total. The van der Waals surface area contributed by atoms with E-state index in [-0.39, 0.29) is 0 Å². The molecule has 2 rings (SSSR count). The van der Waals surface area contributed by atoms with E-state index in [1.54, 1.807) is 0 Å². The highest BCUT2D eigenvalue weighted by Gasteiger charge is 2.26. The molecular formula is C11H18N4O3. The van der Waals surface area contributed by atoms with Gasteiger partial charge in [-0.15, -0.1) is 0 Å². The fraction of sp³-hybridized carbons (Fsp3) is 0.727. The topological polar surface area (TPSA) is 95.3 Å². The number of oxime groups is 1. The summed E-state index contributed by atoms with van der Waals surface area (Å²) >= 11 is 0. The summed E-state index contributed by atoms with van der Waals surface area (Å²) < 4.78 is 0. The van der Waals surface area contributed by atoms with E-state index in [0.717, 1.165) is 50.6 Å². The third-order valence-electron chi connectivity index (χ3n) is 2.86. The number of aliphatic carboxylic acids is 1. The first-order chi connectivity index (χ1) is 8.75. The average Bonchev–Trinajstić information content (AvgIpc) is 2.98. The van der Waals surface area contributed by atoms with E-state index >= 15 is 0 Å². The van der Waals surface area contributed by atoms with Gasteiger partial charge in [-0.05, 0) is 19.3 Å². The highest BCUT2D eigenvalue weighted by atomic mass is 16.7. The van der Waals surface area contributed by atoms with Crippen molar-refractivity contribution in [2.45, 2.75) is 31.8 Å². The predicted molar refractivity (Wildman–Crippen MR) is 66.7 cm³/mol. The Morgan fingerprint density at radius 1 is 1.56 bits per heavy atom. The van der Waals surface area contributed by atoms with Crippen LogP contribution in [0.25, 0.3) is 0 Å². The molecule has 0 aliphatic carbocycles. The molecule has 2 aliphatic rings. The number of hydrogen-bond donors (Lipinski definition) is 3. The molecular weight excluding hydrogens is 236 g/mol. The molecule has 0 aromatic carbocycles. The first kappa shape index (κ1) is 12.7. The maximum absolute atomic E-state index is 10.6. The van der Waals surface area contributed by atoms with Crippen molar-refractivity contribution in [1.82, 2.24) is 10.6 Å². The standard InChI is InChI=1S/C11H18N4O3/c16-10(17)9-7-8(15-18-9)3-1-2-4-12-11-13-5-6-14-11/h9H,1-7H2,(H,16,17)(H2,12,13,14). The van der Waals surface area contributed by atoms with Gasteiger partial charge in [-0.2, -0.15) is 0 Å². The lowest BCUT2D eigenvalue weighted by Gasteiger charge is -2.05. The minimum absolute atomic E-state index is 0.414. The van der Waals surface area contributed by atoms with Crippen LogP contribution in [0.4, 0.5) is 0 Å². The number of carboxylic acids is 1. The summed E-state index contributed by atoms with van der Waals surface area (Å²) in [5.74, 6) is -0.0665. The molecule has 7 heteroatoms. The molecule has 2 heterocycles. The second-order valence-electron chi connectivity index (χ2n) is 4.33. The van der Waals surface area contributed by atoms with Crippen LogP contribution in [-0.4, -0.2) is 48.5 Å². The molecule has 0 aromatic rings. The van der Waals surface area contributed by atoms with Crippen LogP contribution in [0, 0.1) is 0 Å². The van der Waals surface area contributed by atoms with Crippen LogP contribution in [0.15, 0.2) is 10.1 Å². The van der Waals surface area contributed by atoms with Crippen LogP contribution >= 0.6 is 0 Å². The molecule has 0 saturated heterocycles. The number of guanidine groups is 1. The van der Waals surface area contributed by atoms with Crippen LogP contribution in [0.2, 0.25) is 0 Å². The molecule has 0 radical (unpaired) electrons. The highest BCUT2D eigenvalue weighted by Crippen LogP contribution is 2.14. The van der Waals surface area contributed by atoms with Gasteiger partial charge in [0.05, 0.1) is 12.3 Å². The van der Waals surface area contributed by atoms with E-state index in [2.05, 4.69) is 20.8 Å². The lowest BCUT2D eigenvalue weighted by molar-refractivity contribution is -0.148. The number of hydrogen-bond acceptors (Lipinski definition) is 6. The summed E-state index contributed by atoms with van der Waals surface area (Å²) in [6.07, 6.45) is 2.39. The molecule has 0 aromatic heterocycles. The predicted octanol–water partition coefficient (Wildman–Crippen LogP) is -0.0650. The highest BCUT2D eigenvalue weighted by molar-refractivity contribution is 5.90. The summed E-state index contributed by atoms with van der Waals surface area (Å²) in [5.41, 5.74) is 0.846. The molecule has 2 aliphatic heterocycles. The SMILES string of the molecule is O=C(O)C1CC(CCCCNC2=NCCN2)=NO1. The lowest BCUT2D eigenvalue weighted by Crippen LogP contribution is -2.34. The van der Waals surface area contributed by atoms with Gasteiger partial charge in [-0.1, -0.05) is 5.16 Å². The monoisotopic (exact) mass is 254 g/mol. The van der Waals surface area contributed by atoms with Gasteiger partial charge in [0.1, 0.15) is 0 Å². The van der Waals surface area contributed by atoms with Gasteiger partial charge in [-0.25, -0.2) is 4.79 Å². The van der Waals surface area contributed by atoms with Crippen molar-refractivity contribution in [2.24, 2.45) is 10.1 Å². The molecule has 0 spiro atoms. The fourth-order valence-corrected chi connectivity index (χ4v) is 1.88. The summed E-state index contributed by atoms with van der Waals surface area (Å²) in [7, 11) is 0. The maximum atomic E-state index is 10.6. The van der Waals surface area contributed by atoms with Crippen LogP contribution in [0.3, 0.4) is 0 Å². The van der Waals surface area contributed by atoms with Crippen LogP contribution < -0.4 is 10.6 Å². The fourth-order valence-electron chi connectivity index (χ4n) is 1.88. The van der Waals surface area contributed by atoms with E-state index in [1.807, 2.05) is 0 Å². The Hall–Kier alpha value is -1.79. The van der Waals surface area contributed by atoms with Crippen molar-refractivity contribution in [3.05, 3.63) is 0 Å². The normalized spacial score (nSPS) is 21.9. The van der Waals surface area contributed by atoms with Crippen LogP contribution in [-0.2, 0) is 9.63 Å². The van der Waals surface area contributed by atoms with Crippen molar-refractivity contribution >= 4 is 17.6 Å². The molecule has 1 atom stereocenters. The van der Waals surface area contributed by atoms with E-state index in [9.17, 15) is 4.79 Å². The molecule has 0 saturated carbocycles. The number of aliphatic imine (C=N–C) groups is 1. The Morgan fingerprint density at radius 3 is 3.11 bits per heavy atom. The van der Waals surface area contributed by atoms with Crippen molar-refractivity contribution in [3.8, 4) is 0 Å². The number of unbranched alkanes of at least 4 members (excludes halogenated alkanes) is 1. The molecule has 18 heavy (non-hydrogen) atoms. The maximum Gasteiger partial charge on any atom is 0.348 e. The second kappa shape index (κ2) is 6.23. The molecule has 0 amide bonds. The van der Waals surface area contributed by atoms with Gasteiger partial charge >= 0.3 is 5.97 Å². The van der Waals surface area contributed by atoms with Gasteiger partial charge < -0.3 is 20.6 Å². The summed E-state index contributed by atoms with van der Waals surface area (Å²) in [4.78, 5) is 19.7. The number of carbonyl (C=O) groups is 1. The summed E-state index contributed by atoms with van der Waals surface area (Å²) in [6, 6.07) is 0. The van der Waals surface area contributed by atoms with E-state index in [0.29, 0.717) is 6.42 Å². The zero-order valence-corrected chi connectivity index (χ0v) is 10.2. The van der Waals surface area contributed by atoms with E-state index in [1.165, 1.54) is 0 Å². The van der Waals surface area contributed by atoms with Crippen molar-refractivity contribution in [3.63, 3.8) is 0 Å². The minimum Gasteiger partial charge on any atom is -0.478 e. The van der Waals surface area contributed by atoms with Gasteiger partial charge in [0, 0.05) is 19.5 Å². The molecule has 7 nitrogen and oxygen atoms in total.